The molecule has 0 radical (unpaired) electrons. The largest absolute Gasteiger partial charge is 0.484 e. The molecule has 1 aliphatic rings. The number of ether oxygens (including phenoxy) is 2. The lowest BCUT2D eigenvalue weighted by atomic mass is 9.85. The van der Waals surface area contributed by atoms with Crippen LogP contribution in [-0.4, -0.2) is 35.4 Å². The Morgan fingerprint density at radius 1 is 1.17 bits per heavy atom. The first-order valence-corrected chi connectivity index (χ1v) is 11.7. The van der Waals surface area contributed by atoms with E-state index >= 15 is 0 Å². The molecule has 0 spiro atoms. The summed E-state index contributed by atoms with van der Waals surface area (Å²) in [4.78, 5) is 38.1. The van der Waals surface area contributed by atoms with Crippen LogP contribution in [0.3, 0.4) is 0 Å². The van der Waals surface area contributed by atoms with Gasteiger partial charge >= 0.3 is 5.97 Å². The number of esters is 1. The van der Waals surface area contributed by atoms with Crippen LogP contribution in [0.4, 0.5) is 4.39 Å². The quantitative estimate of drug-likeness (QED) is 0.421. The second-order valence-electron chi connectivity index (χ2n) is 9.69. The number of nitrogens with one attached hydrogen (secondary N) is 1. The average Bonchev–Trinajstić information content (AvgIpc) is 2.76. The molecule has 35 heavy (non-hydrogen) atoms. The highest BCUT2D eigenvalue weighted by Crippen LogP contribution is 2.42. The molecule has 3 atom stereocenters. The molecule has 3 rings (SSSR count). The fourth-order valence-electron chi connectivity index (χ4n) is 4.05. The number of rotatable bonds is 7. The van der Waals surface area contributed by atoms with Gasteiger partial charge in [-0.05, 0) is 69.5 Å². The Kier molecular flexibility index (Phi) is 7.87. The molecular formula is C26H30ClFN2O5. The highest BCUT2D eigenvalue weighted by atomic mass is 35.5. The zero-order chi connectivity index (χ0) is 26.1. The number of amides is 1. The first-order valence-electron chi connectivity index (χ1n) is 11.4. The summed E-state index contributed by atoms with van der Waals surface area (Å²) in [6, 6.07) is 6.73. The maximum absolute atomic E-state index is 13.6. The summed E-state index contributed by atoms with van der Waals surface area (Å²) in [6.45, 7) is 8.77. The topological polar surface area (TPSA) is 108 Å². The van der Waals surface area contributed by atoms with E-state index in [0.29, 0.717) is 23.3 Å². The van der Waals surface area contributed by atoms with Gasteiger partial charge in [0.2, 0.25) is 0 Å². The second-order valence-corrected chi connectivity index (χ2v) is 10.1. The van der Waals surface area contributed by atoms with Gasteiger partial charge in [0.05, 0.1) is 11.1 Å². The molecule has 3 N–H and O–H groups in total. The van der Waals surface area contributed by atoms with Crippen molar-refractivity contribution in [2.24, 2.45) is 11.7 Å². The standard InChI is InChI=1S/C26H30ClFN2O5/c1-13(2)10-20(29)25(33)34-23-22(30-24(32)16-6-8-19(28)18(27)12-16)17-11-15(14(3)31)7-9-21(17)35-26(23,4)5/h6-9,11-13,20,22-23H,10,29H2,1-5H3,(H,30,32)/t20-,22-,23-/m0/s1. The van der Waals surface area contributed by atoms with Gasteiger partial charge in [-0.2, -0.15) is 0 Å². The number of halogens is 2. The summed E-state index contributed by atoms with van der Waals surface area (Å²) in [5.74, 6) is -1.43. The van der Waals surface area contributed by atoms with Crippen LogP contribution in [0.5, 0.6) is 5.75 Å². The van der Waals surface area contributed by atoms with E-state index in [2.05, 4.69) is 5.32 Å². The minimum absolute atomic E-state index is 0.117. The van der Waals surface area contributed by atoms with Crippen molar-refractivity contribution in [2.75, 3.05) is 0 Å². The van der Waals surface area contributed by atoms with Crippen molar-refractivity contribution >= 4 is 29.3 Å². The maximum Gasteiger partial charge on any atom is 0.323 e. The summed E-state index contributed by atoms with van der Waals surface area (Å²) in [5.41, 5.74) is 5.98. The van der Waals surface area contributed by atoms with Crippen LogP contribution >= 0.6 is 11.6 Å². The summed E-state index contributed by atoms with van der Waals surface area (Å²) in [6.07, 6.45) is -0.564. The molecule has 2 aromatic carbocycles. The van der Waals surface area contributed by atoms with Gasteiger partial charge in [0.1, 0.15) is 23.2 Å². The molecule has 0 saturated heterocycles. The molecule has 1 heterocycles. The molecule has 0 saturated carbocycles. The number of hydrogen-bond acceptors (Lipinski definition) is 6. The minimum Gasteiger partial charge on any atom is -0.484 e. The SMILES string of the molecule is CC(=O)c1ccc2c(c1)[C@H](NC(=O)c1ccc(F)c(Cl)c1)[C@H](OC(=O)[C@@H](N)CC(C)C)C(C)(C)O2. The first kappa shape index (κ1) is 26.6. The van der Waals surface area contributed by atoms with Gasteiger partial charge < -0.3 is 20.5 Å². The van der Waals surface area contributed by atoms with Gasteiger partial charge in [-0.15, -0.1) is 0 Å². The molecular weight excluding hydrogens is 475 g/mol. The Labute approximate surface area is 209 Å². The molecule has 0 bridgehead atoms. The Morgan fingerprint density at radius 3 is 2.43 bits per heavy atom. The monoisotopic (exact) mass is 504 g/mol. The first-order chi connectivity index (χ1) is 16.3. The van der Waals surface area contributed by atoms with Gasteiger partial charge in [0.25, 0.3) is 5.91 Å². The van der Waals surface area contributed by atoms with Gasteiger partial charge in [0.15, 0.2) is 11.9 Å². The normalized spacial score (nSPS) is 19.3. The number of carbonyl (C=O) groups excluding carboxylic acids is 3. The fourth-order valence-corrected chi connectivity index (χ4v) is 4.23. The average molecular weight is 505 g/mol. The van der Waals surface area contributed by atoms with Crippen LogP contribution < -0.4 is 15.8 Å². The minimum atomic E-state index is -1.06. The molecule has 1 aliphatic heterocycles. The zero-order valence-electron chi connectivity index (χ0n) is 20.4. The number of fused-ring (bicyclic) bond motifs is 1. The van der Waals surface area contributed by atoms with Gasteiger partial charge in [-0.3, -0.25) is 14.4 Å². The Bertz CT molecular complexity index is 1150. The predicted octanol–water partition coefficient (Wildman–Crippen LogP) is 4.61. The van der Waals surface area contributed by atoms with E-state index in [1.807, 2.05) is 13.8 Å². The van der Waals surface area contributed by atoms with Crippen LogP contribution in [0.2, 0.25) is 5.02 Å². The molecule has 0 aliphatic carbocycles. The van der Waals surface area contributed by atoms with E-state index in [4.69, 9.17) is 26.8 Å². The molecule has 2 aromatic rings. The van der Waals surface area contributed by atoms with E-state index in [-0.39, 0.29) is 22.3 Å². The number of ketones is 1. The van der Waals surface area contributed by atoms with Crippen LogP contribution in [0.25, 0.3) is 0 Å². The van der Waals surface area contributed by atoms with Crippen LogP contribution in [-0.2, 0) is 9.53 Å². The van der Waals surface area contributed by atoms with E-state index in [9.17, 15) is 18.8 Å². The van der Waals surface area contributed by atoms with Crippen LogP contribution in [0.1, 0.15) is 73.4 Å². The number of nitrogens with two attached hydrogens (primary N) is 1. The van der Waals surface area contributed by atoms with Crippen molar-refractivity contribution in [2.45, 2.75) is 64.8 Å². The Morgan fingerprint density at radius 2 is 1.83 bits per heavy atom. The summed E-state index contributed by atoms with van der Waals surface area (Å²) in [5, 5.41) is 2.66. The number of hydrogen-bond donors (Lipinski definition) is 2. The smallest absolute Gasteiger partial charge is 0.323 e. The maximum atomic E-state index is 13.6. The Balaban J connectivity index is 2.04. The van der Waals surface area contributed by atoms with E-state index in [1.54, 1.807) is 32.0 Å². The molecule has 1 amide bonds. The van der Waals surface area contributed by atoms with Gasteiger partial charge in [-0.25, -0.2) is 4.39 Å². The molecule has 0 unspecified atom stereocenters. The van der Waals surface area contributed by atoms with E-state index in [1.165, 1.54) is 19.1 Å². The highest BCUT2D eigenvalue weighted by molar-refractivity contribution is 6.31. The summed E-state index contributed by atoms with van der Waals surface area (Å²) >= 11 is 5.86. The zero-order valence-corrected chi connectivity index (χ0v) is 21.1. The number of Topliss-reactive ketones (excluding diaryl/α,β-unsaturated/α-hetero) is 1. The third kappa shape index (κ3) is 6.00. The summed E-state index contributed by atoms with van der Waals surface area (Å²) < 4.78 is 25.6. The summed E-state index contributed by atoms with van der Waals surface area (Å²) in [7, 11) is 0. The lowest BCUT2D eigenvalue weighted by Crippen LogP contribution is -2.56. The fraction of sp³-hybridized carbons (Fsp3) is 0.423. The van der Waals surface area contributed by atoms with Crippen LogP contribution in [0, 0.1) is 11.7 Å². The molecule has 188 valence electrons. The van der Waals surface area contributed by atoms with Crippen molar-refractivity contribution < 1.29 is 28.2 Å². The second kappa shape index (κ2) is 10.3. The number of carbonyl (C=O) groups is 3. The van der Waals surface area contributed by atoms with Crippen molar-refractivity contribution in [3.8, 4) is 5.75 Å². The van der Waals surface area contributed by atoms with Crippen molar-refractivity contribution in [1.29, 1.82) is 0 Å². The molecule has 0 aromatic heterocycles. The lowest BCUT2D eigenvalue weighted by Gasteiger charge is -2.44. The van der Waals surface area contributed by atoms with Crippen molar-refractivity contribution in [3.05, 3.63) is 63.9 Å². The molecule has 9 heteroatoms. The van der Waals surface area contributed by atoms with Gasteiger partial charge in [0, 0.05) is 16.7 Å². The van der Waals surface area contributed by atoms with Gasteiger partial charge in [-0.1, -0.05) is 25.4 Å². The third-order valence-corrected chi connectivity index (χ3v) is 6.14. The highest BCUT2D eigenvalue weighted by Gasteiger charge is 2.48. The molecule has 7 nitrogen and oxygen atoms in total. The predicted molar refractivity (Wildman–Crippen MR) is 130 cm³/mol. The third-order valence-electron chi connectivity index (χ3n) is 5.85. The number of benzene rings is 2. The van der Waals surface area contributed by atoms with E-state index < -0.39 is 41.5 Å². The van der Waals surface area contributed by atoms with Crippen molar-refractivity contribution in [1.82, 2.24) is 5.32 Å². The molecule has 0 fully saturated rings. The van der Waals surface area contributed by atoms with Crippen LogP contribution in [0.15, 0.2) is 36.4 Å². The van der Waals surface area contributed by atoms with E-state index in [0.717, 1.165) is 6.07 Å². The van der Waals surface area contributed by atoms with Crippen molar-refractivity contribution in [3.63, 3.8) is 0 Å². The Hall–Kier alpha value is -2.97. The lowest BCUT2D eigenvalue weighted by molar-refractivity contribution is -0.167.